The average Bonchev–Trinajstić information content (AvgIpc) is 3.09. The summed E-state index contributed by atoms with van der Waals surface area (Å²) in [6.07, 6.45) is -3.87. The molecule has 0 unspecified atom stereocenters. The molecule has 1 heterocycles. The first-order valence-corrected chi connectivity index (χ1v) is 9.25. The molecule has 1 aliphatic rings. The Bertz CT molecular complexity index is 717. The van der Waals surface area contributed by atoms with E-state index in [1.54, 1.807) is 20.2 Å². The van der Waals surface area contributed by atoms with Gasteiger partial charge in [-0.2, -0.15) is 13.2 Å². The second kappa shape index (κ2) is 9.93. The van der Waals surface area contributed by atoms with Gasteiger partial charge in [-0.05, 0) is 24.6 Å². The van der Waals surface area contributed by atoms with Crippen LogP contribution in [0.3, 0.4) is 0 Å². The van der Waals surface area contributed by atoms with Gasteiger partial charge in [0.2, 0.25) is 5.91 Å². The Labute approximate surface area is 168 Å². The Morgan fingerprint density at radius 3 is 2.55 bits per heavy atom. The lowest BCUT2D eigenvalue weighted by Crippen LogP contribution is -2.44. The number of amides is 1. The summed E-state index contributed by atoms with van der Waals surface area (Å²) in [5, 5.41) is 5.96. The van der Waals surface area contributed by atoms with Crippen molar-refractivity contribution in [2.75, 3.05) is 40.4 Å². The molecule has 0 atom stereocenters. The maximum absolute atomic E-state index is 12.9. The van der Waals surface area contributed by atoms with Crippen molar-refractivity contribution < 1.29 is 27.4 Å². The summed E-state index contributed by atoms with van der Waals surface area (Å²) in [5.41, 5.74) is -0.312. The maximum Gasteiger partial charge on any atom is 0.416 e. The van der Waals surface area contributed by atoms with Crippen LogP contribution in [0.1, 0.15) is 24.5 Å². The van der Waals surface area contributed by atoms with Gasteiger partial charge in [-0.1, -0.05) is 12.1 Å². The highest BCUT2D eigenvalue weighted by atomic mass is 19.4. The lowest BCUT2D eigenvalue weighted by molar-refractivity contribution is -0.145. The topological polar surface area (TPSA) is 75.2 Å². The Balaban J connectivity index is 2.01. The van der Waals surface area contributed by atoms with Crippen LogP contribution in [-0.2, 0) is 27.0 Å². The molecule has 1 fully saturated rings. The van der Waals surface area contributed by atoms with E-state index in [1.807, 2.05) is 6.92 Å². The van der Waals surface area contributed by atoms with Gasteiger partial charge in [0.1, 0.15) is 0 Å². The minimum atomic E-state index is -4.41. The molecule has 1 amide bonds. The van der Waals surface area contributed by atoms with E-state index in [2.05, 4.69) is 15.6 Å². The molecule has 0 radical (unpaired) electrons. The molecule has 10 heteroatoms. The van der Waals surface area contributed by atoms with E-state index in [0.717, 1.165) is 12.1 Å². The van der Waals surface area contributed by atoms with Gasteiger partial charge in [0.15, 0.2) is 11.7 Å². The SMILES string of the molecule is CN(C)C(=O)CNC(=NCc1cccc(C(F)(F)F)c1)NCCC1(C)OCCO1. The van der Waals surface area contributed by atoms with Crippen LogP contribution in [0.5, 0.6) is 0 Å². The van der Waals surface area contributed by atoms with Crippen LogP contribution < -0.4 is 10.6 Å². The molecule has 29 heavy (non-hydrogen) atoms. The second-order valence-corrected chi connectivity index (χ2v) is 7.01. The Kier molecular flexibility index (Phi) is 7.86. The standard InChI is InChI=1S/C19H27F3N4O3/c1-18(28-9-10-29-18)7-8-23-17(25-13-16(27)26(2)3)24-12-14-5-4-6-15(11-14)19(20,21)22/h4-6,11H,7-10,12-13H2,1-3H3,(H2,23,24,25). The summed E-state index contributed by atoms with van der Waals surface area (Å²) in [6.45, 7) is 3.38. The summed E-state index contributed by atoms with van der Waals surface area (Å²) in [7, 11) is 3.26. The fourth-order valence-electron chi connectivity index (χ4n) is 2.62. The van der Waals surface area contributed by atoms with Crippen LogP contribution >= 0.6 is 0 Å². The van der Waals surface area contributed by atoms with E-state index in [1.165, 1.54) is 11.0 Å². The van der Waals surface area contributed by atoms with Crippen LogP contribution in [0.25, 0.3) is 0 Å². The molecule has 0 bridgehead atoms. The van der Waals surface area contributed by atoms with Crippen LogP contribution in [0, 0.1) is 0 Å². The predicted octanol–water partition coefficient (Wildman–Crippen LogP) is 1.98. The number of nitrogens with one attached hydrogen (secondary N) is 2. The first-order valence-electron chi connectivity index (χ1n) is 9.25. The molecule has 7 nitrogen and oxygen atoms in total. The number of nitrogens with zero attached hydrogens (tertiary/aromatic N) is 2. The number of rotatable bonds is 7. The third kappa shape index (κ3) is 7.54. The number of hydrogen-bond donors (Lipinski definition) is 2. The predicted molar refractivity (Wildman–Crippen MR) is 102 cm³/mol. The van der Waals surface area contributed by atoms with E-state index < -0.39 is 17.5 Å². The smallest absolute Gasteiger partial charge is 0.356 e. The summed E-state index contributed by atoms with van der Waals surface area (Å²) < 4.78 is 49.7. The molecular formula is C19H27F3N4O3. The minimum absolute atomic E-state index is 0.00565. The fourth-order valence-corrected chi connectivity index (χ4v) is 2.62. The van der Waals surface area contributed by atoms with Crippen molar-refractivity contribution in [2.24, 2.45) is 4.99 Å². The van der Waals surface area contributed by atoms with Crippen LogP contribution in [0.2, 0.25) is 0 Å². The van der Waals surface area contributed by atoms with E-state index in [0.29, 0.717) is 37.7 Å². The van der Waals surface area contributed by atoms with E-state index in [4.69, 9.17) is 9.47 Å². The minimum Gasteiger partial charge on any atom is -0.356 e. The first kappa shape index (κ1) is 23.0. The molecule has 2 rings (SSSR count). The number of aliphatic imine (C=N–C) groups is 1. The van der Waals surface area contributed by atoms with Gasteiger partial charge in [-0.25, -0.2) is 4.99 Å². The Morgan fingerprint density at radius 1 is 1.24 bits per heavy atom. The third-order valence-electron chi connectivity index (χ3n) is 4.35. The Morgan fingerprint density at radius 2 is 1.93 bits per heavy atom. The lowest BCUT2D eigenvalue weighted by atomic mass is 10.1. The molecule has 0 spiro atoms. The molecule has 1 aromatic carbocycles. The molecule has 0 aliphatic carbocycles. The van der Waals surface area contributed by atoms with E-state index >= 15 is 0 Å². The number of halogens is 3. The van der Waals surface area contributed by atoms with Crippen LogP contribution in [-0.4, -0.2) is 63.0 Å². The van der Waals surface area contributed by atoms with E-state index in [9.17, 15) is 18.0 Å². The van der Waals surface area contributed by atoms with Gasteiger partial charge in [0.05, 0.1) is 31.9 Å². The average molecular weight is 416 g/mol. The van der Waals surface area contributed by atoms with Gasteiger partial charge >= 0.3 is 6.18 Å². The number of carbonyl (C=O) groups is 1. The number of hydrogen-bond acceptors (Lipinski definition) is 4. The number of benzene rings is 1. The van der Waals surface area contributed by atoms with Crippen LogP contribution in [0.4, 0.5) is 13.2 Å². The summed E-state index contributed by atoms with van der Waals surface area (Å²) in [4.78, 5) is 17.6. The molecule has 2 N–H and O–H groups in total. The molecule has 1 saturated heterocycles. The van der Waals surface area contributed by atoms with Gasteiger partial charge in [-0.15, -0.1) is 0 Å². The Hall–Kier alpha value is -2.33. The van der Waals surface area contributed by atoms with E-state index in [-0.39, 0.29) is 19.0 Å². The number of guanidine groups is 1. The summed E-state index contributed by atoms with van der Waals surface area (Å²) >= 11 is 0. The highest BCUT2D eigenvalue weighted by Gasteiger charge is 2.31. The zero-order valence-electron chi connectivity index (χ0n) is 16.8. The number of ether oxygens (including phenoxy) is 2. The largest absolute Gasteiger partial charge is 0.416 e. The highest BCUT2D eigenvalue weighted by Crippen LogP contribution is 2.29. The first-order chi connectivity index (χ1) is 13.6. The normalized spacial score (nSPS) is 16.6. The maximum atomic E-state index is 12.9. The monoisotopic (exact) mass is 416 g/mol. The van der Waals surface area contributed by atoms with Crippen molar-refractivity contribution in [3.8, 4) is 0 Å². The van der Waals surface area contributed by atoms with Crippen molar-refractivity contribution in [1.29, 1.82) is 0 Å². The summed E-state index contributed by atoms with van der Waals surface area (Å²) in [6, 6.07) is 5.00. The van der Waals surface area contributed by atoms with Gasteiger partial charge in [-0.3, -0.25) is 4.79 Å². The molecule has 0 aromatic heterocycles. The van der Waals surface area contributed by atoms with Crippen molar-refractivity contribution in [2.45, 2.75) is 31.9 Å². The third-order valence-corrected chi connectivity index (χ3v) is 4.35. The van der Waals surface area contributed by atoms with Crippen LogP contribution in [0.15, 0.2) is 29.3 Å². The molecule has 1 aromatic rings. The quantitative estimate of drug-likeness (QED) is 0.525. The number of alkyl halides is 3. The molecule has 1 aliphatic heterocycles. The fraction of sp³-hybridized carbons (Fsp3) is 0.579. The van der Waals surface area contributed by atoms with Crippen molar-refractivity contribution in [3.63, 3.8) is 0 Å². The second-order valence-electron chi connectivity index (χ2n) is 7.01. The zero-order chi connectivity index (χ0) is 21.5. The van der Waals surface area contributed by atoms with Crippen molar-refractivity contribution in [3.05, 3.63) is 35.4 Å². The van der Waals surface area contributed by atoms with Gasteiger partial charge in [0.25, 0.3) is 0 Å². The number of likely N-dealkylation sites (N-methyl/N-ethyl adjacent to an activating group) is 1. The van der Waals surface area contributed by atoms with Crippen molar-refractivity contribution >= 4 is 11.9 Å². The van der Waals surface area contributed by atoms with Crippen molar-refractivity contribution in [1.82, 2.24) is 15.5 Å². The number of carbonyl (C=O) groups excluding carboxylic acids is 1. The molecule has 0 saturated carbocycles. The summed E-state index contributed by atoms with van der Waals surface area (Å²) in [5.74, 6) is -0.522. The highest BCUT2D eigenvalue weighted by molar-refractivity contribution is 5.86. The molecule has 162 valence electrons. The zero-order valence-corrected chi connectivity index (χ0v) is 16.8. The molecular weight excluding hydrogens is 389 g/mol. The lowest BCUT2D eigenvalue weighted by Gasteiger charge is -2.23. The van der Waals surface area contributed by atoms with Gasteiger partial charge in [0, 0.05) is 27.1 Å². The van der Waals surface area contributed by atoms with Gasteiger partial charge < -0.3 is 25.0 Å².